The Morgan fingerprint density at radius 3 is 2.11 bits per heavy atom. The molecule has 0 unspecified atom stereocenters. The summed E-state index contributed by atoms with van der Waals surface area (Å²) >= 11 is 3.06. The first-order valence-corrected chi connectivity index (χ1v) is 7.53. The van der Waals surface area contributed by atoms with Crippen molar-refractivity contribution < 1.29 is 9.59 Å². The van der Waals surface area contributed by atoms with Gasteiger partial charge in [-0.3, -0.25) is 25.9 Å². The standard InChI is InChI=1S/C12H25BrN4O2/c1-9(2)6-16(14)8-12(19)17(7-10(3)4)15-11(18)5-13/h9-10H,5-8,14H2,1-4H3,(H,15,18). The Bertz CT molecular complexity index is 297. The monoisotopic (exact) mass is 336 g/mol. The fourth-order valence-corrected chi connectivity index (χ4v) is 1.67. The lowest BCUT2D eigenvalue weighted by molar-refractivity contribution is -0.142. The smallest absolute Gasteiger partial charge is 0.256 e. The third-order valence-electron chi connectivity index (χ3n) is 2.17. The molecule has 7 heteroatoms. The first-order chi connectivity index (χ1) is 8.76. The molecule has 0 atom stereocenters. The van der Waals surface area contributed by atoms with Gasteiger partial charge in [0, 0.05) is 13.1 Å². The predicted octanol–water partition coefficient (Wildman–Crippen LogP) is 0.729. The maximum absolute atomic E-state index is 12.1. The summed E-state index contributed by atoms with van der Waals surface area (Å²) in [6, 6.07) is 0. The summed E-state index contributed by atoms with van der Waals surface area (Å²) in [7, 11) is 0. The Labute approximate surface area is 123 Å². The fourth-order valence-electron chi connectivity index (χ4n) is 1.55. The van der Waals surface area contributed by atoms with E-state index >= 15 is 0 Å². The fraction of sp³-hybridized carbons (Fsp3) is 0.833. The first kappa shape index (κ1) is 18.3. The number of amides is 2. The molecular weight excluding hydrogens is 312 g/mol. The lowest BCUT2D eigenvalue weighted by Gasteiger charge is -2.27. The number of rotatable bonds is 7. The number of carbonyl (C=O) groups excluding carboxylic acids is 2. The molecule has 3 N–H and O–H groups in total. The zero-order valence-corrected chi connectivity index (χ0v) is 13.7. The van der Waals surface area contributed by atoms with Crippen molar-refractivity contribution in [3.8, 4) is 0 Å². The Balaban J connectivity index is 4.48. The molecule has 0 aromatic rings. The van der Waals surface area contributed by atoms with E-state index in [1.807, 2.05) is 27.7 Å². The topological polar surface area (TPSA) is 78.7 Å². The van der Waals surface area contributed by atoms with Crippen LogP contribution < -0.4 is 11.3 Å². The van der Waals surface area contributed by atoms with Crippen LogP contribution in [-0.2, 0) is 9.59 Å². The molecule has 0 aliphatic rings. The van der Waals surface area contributed by atoms with Crippen molar-refractivity contribution in [3.63, 3.8) is 0 Å². The number of hydrogen-bond acceptors (Lipinski definition) is 4. The average Bonchev–Trinajstić information content (AvgIpc) is 2.25. The van der Waals surface area contributed by atoms with Gasteiger partial charge in [0.2, 0.25) is 5.91 Å². The van der Waals surface area contributed by atoms with Gasteiger partial charge in [0.15, 0.2) is 0 Å². The second-order valence-corrected chi connectivity index (χ2v) is 5.95. The highest BCUT2D eigenvalue weighted by molar-refractivity contribution is 9.09. The van der Waals surface area contributed by atoms with E-state index in [4.69, 9.17) is 5.84 Å². The minimum atomic E-state index is -0.249. The molecule has 0 saturated heterocycles. The summed E-state index contributed by atoms with van der Waals surface area (Å²) in [5, 5.41) is 2.97. The highest BCUT2D eigenvalue weighted by atomic mass is 79.9. The normalized spacial score (nSPS) is 11.2. The Morgan fingerprint density at radius 1 is 1.16 bits per heavy atom. The number of halogens is 1. The van der Waals surface area contributed by atoms with Gasteiger partial charge >= 0.3 is 0 Å². The molecule has 0 saturated carbocycles. The summed E-state index contributed by atoms with van der Waals surface area (Å²) in [5.41, 5.74) is 2.57. The van der Waals surface area contributed by atoms with E-state index < -0.39 is 0 Å². The molecule has 0 aliphatic carbocycles. The van der Waals surface area contributed by atoms with Gasteiger partial charge in [-0.2, -0.15) is 0 Å². The minimum absolute atomic E-state index is 0.0907. The SMILES string of the molecule is CC(C)CN(N)CC(=O)N(CC(C)C)NC(=O)CBr. The summed E-state index contributed by atoms with van der Waals surface area (Å²) in [4.78, 5) is 23.5. The largest absolute Gasteiger partial charge is 0.272 e. The first-order valence-electron chi connectivity index (χ1n) is 6.41. The van der Waals surface area contributed by atoms with Crippen LogP contribution in [0.4, 0.5) is 0 Å². The van der Waals surface area contributed by atoms with Crippen LogP contribution in [0.15, 0.2) is 0 Å². The molecule has 0 spiro atoms. The van der Waals surface area contributed by atoms with Gasteiger partial charge in [0.05, 0.1) is 11.9 Å². The Hall–Kier alpha value is -0.660. The number of nitrogens with one attached hydrogen (secondary N) is 1. The van der Waals surface area contributed by atoms with Crippen LogP contribution in [0.1, 0.15) is 27.7 Å². The molecule has 0 aliphatic heterocycles. The second kappa shape index (κ2) is 9.28. The minimum Gasteiger partial charge on any atom is -0.272 e. The van der Waals surface area contributed by atoms with Gasteiger partial charge in [-0.25, -0.2) is 5.01 Å². The molecule has 19 heavy (non-hydrogen) atoms. The van der Waals surface area contributed by atoms with E-state index in [2.05, 4.69) is 21.4 Å². The summed E-state index contributed by atoms with van der Waals surface area (Å²) in [6.45, 7) is 9.21. The Morgan fingerprint density at radius 2 is 1.68 bits per heavy atom. The highest BCUT2D eigenvalue weighted by Gasteiger charge is 2.19. The Kier molecular flexibility index (Phi) is 8.95. The number of alkyl halides is 1. The van der Waals surface area contributed by atoms with Crippen LogP contribution in [0.5, 0.6) is 0 Å². The number of carbonyl (C=O) groups is 2. The molecular formula is C12H25BrN4O2. The molecule has 0 rings (SSSR count). The van der Waals surface area contributed by atoms with Gasteiger partial charge in [-0.15, -0.1) is 0 Å². The van der Waals surface area contributed by atoms with Crippen molar-refractivity contribution in [2.45, 2.75) is 27.7 Å². The number of hydrogen-bond donors (Lipinski definition) is 2. The summed E-state index contributed by atoms with van der Waals surface area (Å²) in [6.07, 6.45) is 0. The van der Waals surface area contributed by atoms with Gasteiger partial charge in [-0.1, -0.05) is 43.6 Å². The van der Waals surface area contributed by atoms with Crippen LogP contribution >= 0.6 is 15.9 Å². The van der Waals surface area contributed by atoms with Crippen molar-refractivity contribution in [2.75, 3.05) is 25.0 Å². The number of hydrazine groups is 2. The lowest BCUT2D eigenvalue weighted by Crippen LogP contribution is -2.53. The maximum atomic E-state index is 12.1. The van der Waals surface area contributed by atoms with Crippen LogP contribution in [0.25, 0.3) is 0 Å². The molecule has 2 amide bonds. The molecule has 112 valence electrons. The highest BCUT2D eigenvalue weighted by Crippen LogP contribution is 1.99. The van der Waals surface area contributed by atoms with E-state index in [1.165, 1.54) is 10.0 Å². The molecule has 0 bridgehead atoms. The molecule has 0 heterocycles. The van der Waals surface area contributed by atoms with Crippen LogP contribution in [0, 0.1) is 11.8 Å². The van der Waals surface area contributed by atoms with Crippen molar-refractivity contribution in [1.82, 2.24) is 15.4 Å². The van der Waals surface area contributed by atoms with Crippen LogP contribution in [0.2, 0.25) is 0 Å². The van der Waals surface area contributed by atoms with Gasteiger partial charge in [0.1, 0.15) is 0 Å². The lowest BCUT2D eigenvalue weighted by atomic mass is 10.2. The van der Waals surface area contributed by atoms with Crippen molar-refractivity contribution >= 4 is 27.7 Å². The van der Waals surface area contributed by atoms with Crippen LogP contribution in [-0.4, -0.2) is 46.8 Å². The molecule has 6 nitrogen and oxygen atoms in total. The average molecular weight is 337 g/mol. The summed E-state index contributed by atoms with van der Waals surface area (Å²) in [5.74, 6) is 5.96. The molecule has 0 fully saturated rings. The van der Waals surface area contributed by atoms with E-state index in [1.54, 1.807) is 0 Å². The third-order valence-corrected chi connectivity index (χ3v) is 2.68. The van der Waals surface area contributed by atoms with E-state index in [9.17, 15) is 9.59 Å². The number of nitrogens with two attached hydrogens (primary N) is 1. The van der Waals surface area contributed by atoms with Gasteiger partial charge in [-0.05, 0) is 11.8 Å². The molecule has 0 radical (unpaired) electrons. The van der Waals surface area contributed by atoms with E-state index in [0.717, 1.165) is 0 Å². The van der Waals surface area contributed by atoms with Crippen molar-refractivity contribution in [3.05, 3.63) is 0 Å². The zero-order valence-electron chi connectivity index (χ0n) is 12.1. The number of nitrogens with zero attached hydrogens (tertiary/aromatic N) is 2. The van der Waals surface area contributed by atoms with Gasteiger partial charge < -0.3 is 0 Å². The quantitative estimate of drug-likeness (QED) is 0.408. The summed E-state index contributed by atoms with van der Waals surface area (Å²) < 4.78 is 0. The third kappa shape index (κ3) is 8.96. The van der Waals surface area contributed by atoms with Crippen molar-refractivity contribution in [1.29, 1.82) is 0 Å². The zero-order chi connectivity index (χ0) is 15.0. The van der Waals surface area contributed by atoms with E-state index in [-0.39, 0.29) is 29.6 Å². The predicted molar refractivity (Wildman–Crippen MR) is 79.1 cm³/mol. The molecule has 0 aromatic carbocycles. The van der Waals surface area contributed by atoms with Crippen molar-refractivity contribution in [2.24, 2.45) is 17.7 Å². The van der Waals surface area contributed by atoms with E-state index in [0.29, 0.717) is 19.0 Å². The molecule has 0 aromatic heterocycles. The van der Waals surface area contributed by atoms with Gasteiger partial charge in [0.25, 0.3) is 5.91 Å². The second-order valence-electron chi connectivity index (χ2n) is 5.39. The maximum Gasteiger partial charge on any atom is 0.256 e. The van der Waals surface area contributed by atoms with Crippen LogP contribution in [0.3, 0.4) is 0 Å².